The number of hydrogen-bond acceptors (Lipinski definition) is 3. The summed E-state index contributed by atoms with van der Waals surface area (Å²) < 4.78 is 89.4. The molecule has 1 amide bonds. The Morgan fingerprint density at radius 3 is 2.31 bits per heavy atom. The molecular weight excluding hydrogens is 526 g/mol. The van der Waals surface area contributed by atoms with E-state index in [2.05, 4.69) is 5.32 Å². The van der Waals surface area contributed by atoms with Gasteiger partial charge in [-0.25, -0.2) is 0 Å². The standard InChI is InChI=1S/C28H28F6N2O3/c1-17-21(25(37)35-16-26(2,38)18-7-4-3-5-8-18)14-24(36(17)15-20-9-6-12-39-20)22-13-19(27(29,30)31)10-11-23(22)28(32,33)34/h3-5,7-8,10-11,13-14,20,38H,6,9,12,15-16H2,1-2H3,(H,35,37)/t20-,26?/m1/s1. The summed E-state index contributed by atoms with van der Waals surface area (Å²) >= 11 is 0. The average Bonchev–Trinajstić information content (AvgIpc) is 3.50. The van der Waals surface area contributed by atoms with E-state index < -0.39 is 40.6 Å². The summed E-state index contributed by atoms with van der Waals surface area (Å²) in [4.78, 5) is 13.2. The maximum absolute atomic E-state index is 14.0. The van der Waals surface area contributed by atoms with Gasteiger partial charge in [0.15, 0.2) is 0 Å². The van der Waals surface area contributed by atoms with Gasteiger partial charge in [0.2, 0.25) is 0 Å². The highest BCUT2D eigenvalue weighted by atomic mass is 19.4. The van der Waals surface area contributed by atoms with Gasteiger partial charge in [-0.2, -0.15) is 26.3 Å². The molecule has 2 aromatic carbocycles. The molecule has 210 valence electrons. The van der Waals surface area contributed by atoms with E-state index in [1.54, 1.807) is 30.3 Å². The summed E-state index contributed by atoms with van der Waals surface area (Å²) in [5.41, 5.74) is -4.01. The maximum atomic E-state index is 14.0. The molecule has 1 unspecified atom stereocenters. The normalized spacial score (nSPS) is 17.7. The van der Waals surface area contributed by atoms with Crippen molar-refractivity contribution in [2.24, 2.45) is 0 Å². The topological polar surface area (TPSA) is 63.5 Å². The second-order valence-electron chi connectivity index (χ2n) is 9.85. The number of aromatic nitrogens is 1. The predicted octanol–water partition coefficient (Wildman–Crippen LogP) is 6.32. The highest BCUT2D eigenvalue weighted by molar-refractivity contribution is 5.97. The highest BCUT2D eigenvalue weighted by Crippen LogP contribution is 2.42. The first-order valence-electron chi connectivity index (χ1n) is 12.3. The van der Waals surface area contributed by atoms with E-state index >= 15 is 0 Å². The minimum atomic E-state index is -4.94. The number of carbonyl (C=O) groups excluding carboxylic acids is 1. The van der Waals surface area contributed by atoms with Crippen LogP contribution in [-0.2, 0) is 29.2 Å². The fraction of sp³-hybridized carbons (Fsp3) is 0.393. The Balaban J connectivity index is 1.77. The van der Waals surface area contributed by atoms with Crippen LogP contribution in [0, 0.1) is 6.92 Å². The Hall–Kier alpha value is -3.31. The van der Waals surface area contributed by atoms with Crippen LogP contribution in [0.15, 0.2) is 54.6 Å². The number of ether oxygens (including phenoxy) is 1. The van der Waals surface area contributed by atoms with Gasteiger partial charge >= 0.3 is 12.4 Å². The number of amides is 1. The van der Waals surface area contributed by atoms with Gasteiger partial charge in [0.05, 0.1) is 29.3 Å². The second-order valence-corrected chi connectivity index (χ2v) is 9.85. The van der Waals surface area contributed by atoms with Crippen molar-refractivity contribution in [3.05, 3.63) is 82.5 Å². The molecule has 3 aromatic rings. The molecule has 0 aliphatic carbocycles. The van der Waals surface area contributed by atoms with Gasteiger partial charge in [-0.05, 0) is 56.5 Å². The van der Waals surface area contributed by atoms with Crippen LogP contribution in [0.1, 0.15) is 52.5 Å². The highest BCUT2D eigenvalue weighted by Gasteiger charge is 2.38. The lowest BCUT2D eigenvalue weighted by atomic mass is 9.96. The van der Waals surface area contributed by atoms with Crippen LogP contribution in [0.25, 0.3) is 11.3 Å². The van der Waals surface area contributed by atoms with E-state index in [1.165, 1.54) is 24.5 Å². The molecular formula is C28H28F6N2O3. The summed E-state index contributed by atoms with van der Waals surface area (Å²) in [6, 6.07) is 11.0. The summed E-state index contributed by atoms with van der Waals surface area (Å²) in [7, 11) is 0. The molecule has 1 saturated heterocycles. The molecule has 11 heteroatoms. The Morgan fingerprint density at radius 2 is 1.72 bits per heavy atom. The zero-order chi connectivity index (χ0) is 28.6. The van der Waals surface area contributed by atoms with Gasteiger partial charge in [-0.3, -0.25) is 4.79 Å². The van der Waals surface area contributed by atoms with Crippen LogP contribution in [-0.4, -0.2) is 34.8 Å². The molecule has 0 spiro atoms. The van der Waals surface area contributed by atoms with Gasteiger partial charge in [-0.1, -0.05) is 30.3 Å². The molecule has 0 radical (unpaired) electrons. The number of carbonyl (C=O) groups is 1. The van der Waals surface area contributed by atoms with E-state index in [9.17, 15) is 36.2 Å². The first-order chi connectivity index (χ1) is 18.2. The van der Waals surface area contributed by atoms with E-state index in [0.717, 1.165) is 6.42 Å². The molecule has 2 atom stereocenters. The van der Waals surface area contributed by atoms with Crippen molar-refractivity contribution in [1.82, 2.24) is 9.88 Å². The Kier molecular flexibility index (Phi) is 7.86. The SMILES string of the molecule is Cc1c(C(=O)NCC(C)(O)c2ccccc2)cc(-c2cc(C(F)(F)F)ccc2C(F)(F)F)n1C[C@H]1CCCO1. The van der Waals surface area contributed by atoms with Crippen molar-refractivity contribution in [3.8, 4) is 11.3 Å². The third-order valence-electron chi connectivity index (χ3n) is 6.94. The Labute approximate surface area is 221 Å². The molecule has 4 rings (SSSR count). The zero-order valence-corrected chi connectivity index (χ0v) is 21.3. The molecule has 2 N–H and O–H groups in total. The van der Waals surface area contributed by atoms with Crippen LogP contribution in [0.2, 0.25) is 0 Å². The summed E-state index contributed by atoms with van der Waals surface area (Å²) in [5.74, 6) is -0.684. The fourth-order valence-electron chi connectivity index (χ4n) is 4.75. The number of benzene rings is 2. The number of aliphatic hydroxyl groups is 1. The van der Waals surface area contributed by atoms with Crippen molar-refractivity contribution in [3.63, 3.8) is 0 Å². The summed E-state index contributed by atoms with van der Waals surface area (Å²) in [6.07, 6.45) is -8.83. The average molecular weight is 555 g/mol. The smallest absolute Gasteiger partial charge is 0.384 e. The molecule has 1 aromatic heterocycles. The molecule has 1 aliphatic heterocycles. The zero-order valence-electron chi connectivity index (χ0n) is 21.3. The van der Waals surface area contributed by atoms with Gasteiger partial charge in [0.1, 0.15) is 5.60 Å². The Morgan fingerprint density at radius 1 is 1.03 bits per heavy atom. The molecule has 39 heavy (non-hydrogen) atoms. The van der Waals surface area contributed by atoms with E-state index in [-0.39, 0.29) is 36.1 Å². The molecule has 0 bridgehead atoms. The van der Waals surface area contributed by atoms with Crippen LogP contribution in [0.4, 0.5) is 26.3 Å². The number of alkyl halides is 6. The monoisotopic (exact) mass is 554 g/mol. The third-order valence-corrected chi connectivity index (χ3v) is 6.94. The Bertz CT molecular complexity index is 1320. The first-order valence-corrected chi connectivity index (χ1v) is 12.3. The van der Waals surface area contributed by atoms with Crippen LogP contribution in [0.3, 0.4) is 0 Å². The van der Waals surface area contributed by atoms with Crippen LogP contribution in [0.5, 0.6) is 0 Å². The number of rotatable bonds is 7. The molecule has 1 fully saturated rings. The third kappa shape index (κ3) is 6.30. The molecule has 0 saturated carbocycles. The largest absolute Gasteiger partial charge is 0.417 e. The quantitative estimate of drug-likeness (QED) is 0.336. The van der Waals surface area contributed by atoms with Gasteiger partial charge < -0.3 is 19.7 Å². The summed E-state index contributed by atoms with van der Waals surface area (Å²) in [5, 5.41) is 13.5. The fourth-order valence-corrected chi connectivity index (χ4v) is 4.75. The van der Waals surface area contributed by atoms with E-state index in [4.69, 9.17) is 4.74 Å². The van der Waals surface area contributed by atoms with Crippen molar-refractivity contribution < 1.29 is 41.0 Å². The van der Waals surface area contributed by atoms with Gasteiger partial charge in [-0.15, -0.1) is 0 Å². The predicted molar refractivity (Wildman–Crippen MR) is 132 cm³/mol. The van der Waals surface area contributed by atoms with Crippen molar-refractivity contribution >= 4 is 5.91 Å². The number of nitrogens with one attached hydrogen (secondary N) is 1. The van der Waals surface area contributed by atoms with Crippen molar-refractivity contribution in [2.45, 2.75) is 57.3 Å². The van der Waals surface area contributed by atoms with Crippen molar-refractivity contribution in [2.75, 3.05) is 13.2 Å². The number of hydrogen-bond donors (Lipinski definition) is 2. The van der Waals surface area contributed by atoms with Gasteiger partial charge in [0, 0.05) is 30.1 Å². The molecule has 1 aliphatic rings. The minimum absolute atomic E-state index is 0.0163. The lowest BCUT2D eigenvalue weighted by Crippen LogP contribution is -2.38. The van der Waals surface area contributed by atoms with Crippen molar-refractivity contribution in [1.29, 1.82) is 0 Å². The first kappa shape index (κ1) is 28.7. The van der Waals surface area contributed by atoms with E-state index in [0.29, 0.717) is 36.8 Å². The second kappa shape index (κ2) is 10.7. The minimum Gasteiger partial charge on any atom is -0.384 e. The van der Waals surface area contributed by atoms with Crippen LogP contribution < -0.4 is 5.32 Å². The number of halogens is 6. The lowest BCUT2D eigenvalue weighted by Gasteiger charge is -2.24. The maximum Gasteiger partial charge on any atom is 0.417 e. The molecule has 5 nitrogen and oxygen atoms in total. The molecule has 2 heterocycles. The summed E-state index contributed by atoms with van der Waals surface area (Å²) in [6.45, 7) is 3.33. The van der Waals surface area contributed by atoms with Gasteiger partial charge in [0.25, 0.3) is 5.91 Å². The number of nitrogens with zero attached hydrogens (tertiary/aromatic N) is 1. The van der Waals surface area contributed by atoms with Crippen LogP contribution >= 0.6 is 0 Å². The van der Waals surface area contributed by atoms with E-state index in [1.807, 2.05) is 0 Å². The lowest BCUT2D eigenvalue weighted by molar-refractivity contribution is -0.141.